The summed E-state index contributed by atoms with van der Waals surface area (Å²) in [5, 5.41) is 11.1. The molecule has 5 heteroatoms. The molecular weight excluding hydrogens is 304 g/mol. The molecule has 1 aliphatic rings. The SMILES string of the molecule is O=C(O)N1CCC(N(OCc2ccccc2)c2ccccc2)CC1. The smallest absolute Gasteiger partial charge is 0.407 e. The van der Waals surface area contributed by atoms with Gasteiger partial charge in [0.1, 0.15) is 0 Å². The molecule has 1 N–H and O–H groups in total. The summed E-state index contributed by atoms with van der Waals surface area (Å²) in [6.45, 7) is 1.57. The minimum Gasteiger partial charge on any atom is -0.465 e. The van der Waals surface area contributed by atoms with E-state index in [1.54, 1.807) is 0 Å². The first-order valence-corrected chi connectivity index (χ1v) is 8.23. The summed E-state index contributed by atoms with van der Waals surface area (Å²) in [6.07, 6.45) is 0.677. The predicted molar refractivity (Wildman–Crippen MR) is 92.8 cm³/mol. The average Bonchev–Trinajstić information content (AvgIpc) is 2.64. The Hall–Kier alpha value is -2.53. The summed E-state index contributed by atoms with van der Waals surface area (Å²) >= 11 is 0. The van der Waals surface area contributed by atoms with Gasteiger partial charge in [-0.1, -0.05) is 48.5 Å². The van der Waals surface area contributed by atoms with Gasteiger partial charge in [-0.15, -0.1) is 0 Å². The minimum atomic E-state index is -0.843. The van der Waals surface area contributed by atoms with Gasteiger partial charge >= 0.3 is 6.09 Å². The number of hydroxylamine groups is 1. The van der Waals surface area contributed by atoms with E-state index in [4.69, 9.17) is 9.94 Å². The van der Waals surface area contributed by atoms with E-state index >= 15 is 0 Å². The van der Waals surface area contributed by atoms with E-state index in [0.717, 1.165) is 24.1 Å². The van der Waals surface area contributed by atoms with Crippen LogP contribution in [0.3, 0.4) is 0 Å². The molecular formula is C19H22N2O3. The predicted octanol–water partition coefficient (Wildman–Crippen LogP) is 3.77. The van der Waals surface area contributed by atoms with Crippen molar-refractivity contribution in [1.82, 2.24) is 4.90 Å². The Morgan fingerprint density at radius 3 is 2.21 bits per heavy atom. The molecule has 0 aliphatic carbocycles. The highest BCUT2D eigenvalue weighted by molar-refractivity contribution is 5.65. The highest BCUT2D eigenvalue weighted by atomic mass is 16.7. The van der Waals surface area contributed by atoms with E-state index in [1.165, 1.54) is 4.90 Å². The minimum absolute atomic E-state index is 0.173. The maximum absolute atomic E-state index is 11.1. The van der Waals surface area contributed by atoms with Crippen LogP contribution >= 0.6 is 0 Å². The Labute approximate surface area is 142 Å². The van der Waals surface area contributed by atoms with Crippen LogP contribution in [-0.2, 0) is 11.4 Å². The summed E-state index contributed by atoms with van der Waals surface area (Å²) in [4.78, 5) is 18.7. The molecule has 126 valence electrons. The Morgan fingerprint density at radius 1 is 1.04 bits per heavy atom. The van der Waals surface area contributed by atoms with Gasteiger partial charge in [-0.2, -0.15) is 0 Å². The molecule has 0 radical (unpaired) electrons. The molecule has 3 rings (SSSR count). The molecule has 1 saturated heterocycles. The van der Waals surface area contributed by atoms with Crippen molar-refractivity contribution < 1.29 is 14.7 Å². The van der Waals surface area contributed by atoms with Crippen LogP contribution < -0.4 is 5.06 Å². The topological polar surface area (TPSA) is 53.0 Å². The Balaban J connectivity index is 1.70. The number of benzene rings is 2. The van der Waals surface area contributed by atoms with Gasteiger partial charge in [-0.05, 0) is 30.5 Å². The highest BCUT2D eigenvalue weighted by Crippen LogP contribution is 2.24. The number of likely N-dealkylation sites (tertiary alicyclic amines) is 1. The number of para-hydroxylation sites is 1. The second kappa shape index (κ2) is 7.84. The number of nitrogens with zero attached hydrogens (tertiary/aromatic N) is 2. The maximum Gasteiger partial charge on any atom is 0.407 e. The third-order valence-electron chi connectivity index (χ3n) is 4.29. The number of anilines is 1. The van der Waals surface area contributed by atoms with E-state index < -0.39 is 6.09 Å². The molecule has 1 heterocycles. The Morgan fingerprint density at radius 2 is 1.62 bits per heavy atom. The Kier molecular flexibility index (Phi) is 5.33. The number of piperidine rings is 1. The van der Waals surface area contributed by atoms with Crippen molar-refractivity contribution in [2.45, 2.75) is 25.5 Å². The zero-order chi connectivity index (χ0) is 16.8. The first-order valence-electron chi connectivity index (χ1n) is 8.23. The van der Waals surface area contributed by atoms with Crippen molar-refractivity contribution >= 4 is 11.8 Å². The number of carboxylic acid groups (broad SMARTS) is 1. The van der Waals surface area contributed by atoms with Gasteiger partial charge in [0, 0.05) is 13.1 Å². The quantitative estimate of drug-likeness (QED) is 0.850. The first-order chi connectivity index (χ1) is 11.7. The lowest BCUT2D eigenvalue weighted by molar-refractivity contribution is 0.0529. The maximum atomic E-state index is 11.1. The second-order valence-electron chi connectivity index (χ2n) is 5.92. The monoisotopic (exact) mass is 326 g/mol. The molecule has 5 nitrogen and oxygen atoms in total. The lowest BCUT2D eigenvalue weighted by Gasteiger charge is -2.37. The van der Waals surface area contributed by atoms with E-state index in [0.29, 0.717) is 19.7 Å². The standard InChI is InChI=1S/C19H22N2O3/c22-19(23)20-13-11-18(12-14-20)21(17-9-5-2-6-10-17)24-15-16-7-3-1-4-8-16/h1-10,18H,11-15H2,(H,22,23). The third-order valence-corrected chi connectivity index (χ3v) is 4.29. The van der Waals surface area contributed by atoms with Crippen molar-refractivity contribution in [3.05, 3.63) is 66.2 Å². The van der Waals surface area contributed by atoms with Crippen LogP contribution in [0, 0.1) is 0 Å². The van der Waals surface area contributed by atoms with Crippen LogP contribution in [0.1, 0.15) is 18.4 Å². The van der Waals surface area contributed by atoms with Crippen LogP contribution in [0.4, 0.5) is 10.5 Å². The average molecular weight is 326 g/mol. The van der Waals surface area contributed by atoms with Gasteiger partial charge in [0.25, 0.3) is 0 Å². The van der Waals surface area contributed by atoms with Crippen LogP contribution in [0.15, 0.2) is 60.7 Å². The number of hydrogen-bond acceptors (Lipinski definition) is 3. The summed E-state index contributed by atoms with van der Waals surface area (Å²) in [5.74, 6) is 0. The summed E-state index contributed by atoms with van der Waals surface area (Å²) < 4.78 is 0. The van der Waals surface area contributed by atoms with E-state index in [9.17, 15) is 4.79 Å². The van der Waals surface area contributed by atoms with Gasteiger partial charge < -0.3 is 10.0 Å². The molecule has 0 unspecified atom stereocenters. The van der Waals surface area contributed by atoms with Crippen LogP contribution in [0.5, 0.6) is 0 Å². The number of amides is 1. The zero-order valence-electron chi connectivity index (χ0n) is 13.5. The van der Waals surface area contributed by atoms with E-state index in [1.807, 2.05) is 65.7 Å². The van der Waals surface area contributed by atoms with E-state index in [2.05, 4.69) is 0 Å². The molecule has 2 aromatic carbocycles. The van der Waals surface area contributed by atoms with E-state index in [-0.39, 0.29) is 6.04 Å². The molecule has 0 atom stereocenters. The molecule has 1 aliphatic heterocycles. The lowest BCUT2D eigenvalue weighted by Crippen LogP contribution is -2.46. The summed E-state index contributed by atoms with van der Waals surface area (Å²) in [5.41, 5.74) is 2.11. The van der Waals surface area contributed by atoms with Crippen LogP contribution in [0.2, 0.25) is 0 Å². The fourth-order valence-electron chi connectivity index (χ4n) is 2.98. The fraction of sp³-hybridized carbons (Fsp3) is 0.316. The van der Waals surface area contributed by atoms with Gasteiger partial charge in [0.05, 0.1) is 18.3 Å². The normalized spacial score (nSPS) is 15.2. The molecule has 1 amide bonds. The first kappa shape index (κ1) is 16.3. The summed E-state index contributed by atoms with van der Waals surface area (Å²) in [7, 11) is 0. The lowest BCUT2D eigenvalue weighted by atomic mass is 10.0. The zero-order valence-corrected chi connectivity index (χ0v) is 13.5. The molecule has 2 aromatic rings. The van der Waals surface area contributed by atoms with Crippen molar-refractivity contribution in [3.8, 4) is 0 Å². The molecule has 0 aromatic heterocycles. The summed E-state index contributed by atoms with van der Waals surface area (Å²) in [6, 6.07) is 20.2. The van der Waals surface area contributed by atoms with Gasteiger partial charge in [0.15, 0.2) is 0 Å². The fourth-order valence-corrected chi connectivity index (χ4v) is 2.98. The largest absolute Gasteiger partial charge is 0.465 e. The molecule has 0 spiro atoms. The molecule has 1 fully saturated rings. The van der Waals surface area contributed by atoms with Crippen LogP contribution in [-0.4, -0.2) is 35.2 Å². The van der Waals surface area contributed by atoms with Crippen molar-refractivity contribution in [2.75, 3.05) is 18.2 Å². The van der Waals surface area contributed by atoms with Gasteiger partial charge in [0.2, 0.25) is 0 Å². The van der Waals surface area contributed by atoms with Gasteiger partial charge in [-0.3, -0.25) is 9.90 Å². The number of carbonyl (C=O) groups is 1. The highest BCUT2D eigenvalue weighted by Gasteiger charge is 2.27. The molecule has 24 heavy (non-hydrogen) atoms. The van der Waals surface area contributed by atoms with Crippen LogP contribution in [0.25, 0.3) is 0 Å². The van der Waals surface area contributed by atoms with Crippen molar-refractivity contribution in [2.24, 2.45) is 0 Å². The Bertz CT molecular complexity index is 640. The molecule has 0 saturated carbocycles. The van der Waals surface area contributed by atoms with Crippen molar-refractivity contribution in [1.29, 1.82) is 0 Å². The molecule has 0 bridgehead atoms. The van der Waals surface area contributed by atoms with Crippen molar-refractivity contribution in [3.63, 3.8) is 0 Å². The number of hydrogen-bond donors (Lipinski definition) is 1. The number of rotatable bonds is 5. The van der Waals surface area contributed by atoms with Gasteiger partial charge in [-0.25, -0.2) is 4.79 Å². The third kappa shape index (κ3) is 4.06. The second-order valence-corrected chi connectivity index (χ2v) is 5.92.